The van der Waals surface area contributed by atoms with Crippen molar-refractivity contribution in [2.24, 2.45) is 11.8 Å². The summed E-state index contributed by atoms with van der Waals surface area (Å²) in [6.07, 6.45) is 7.00. The first kappa shape index (κ1) is 15.6. The number of hydrogen-bond acceptors (Lipinski definition) is 1. The van der Waals surface area contributed by atoms with E-state index in [1.54, 1.807) is 0 Å². The Morgan fingerprint density at radius 2 is 1.80 bits per heavy atom. The Hall–Kier alpha value is -0.820. The lowest BCUT2D eigenvalue weighted by molar-refractivity contribution is 0.219. The van der Waals surface area contributed by atoms with Crippen LogP contribution in [0.4, 0.5) is 0 Å². The molecule has 0 aromatic heterocycles. The van der Waals surface area contributed by atoms with E-state index >= 15 is 0 Å². The van der Waals surface area contributed by atoms with Crippen molar-refractivity contribution in [3.8, 4) is 0 Å². The first-order valence-electron chi connectivity index (χ1n) is 8.46. The number of rotatable bonds is 5. The lowest BCUT2D eigenvalue weighted by atomic mass is 9.75. The fourth-order valence-electron chi connectivity index (χ4n) is 3.78. The summed E-state index contributed by atoms with van der Waals surface area (Å²) in [6.45, 7) is 10.1. The van der Waals surface area contributed by atoms with Gasteiger partial charge in [0.1, 0.15) is 0 Å². The minimum Gasteiger partial charge on any atom is -0.310 e. The van der Waals surface area contributed by atoms with Gasteiger partial charge in [-0.1, -0.05) is 56.9 Å². The van der Waals surface area contributed by atoms with E-state index in [-0.39, 0.29) is 0 Å². The number of nitrogens with one attached hydrogen (secondary N) is 1. The summed E-state index contributed by atoms with van der Waals surface area (Å²) in [7, 11) is 0. The first-order chi connectivity index (χ1) is 9.65. The quantitative estimate of drug-likeness (QED) is 0.780. The summed E-state index contributed by atoms with van der Waals surface area (Å²) in [5.41, 5.74) is 4.36. The molecule has 1 saturated carbocycles. The molecular formula is C19H31N. The van der Waals surface area contributed by atoms with Crippen LogP contribution in [-0.4, -0.2) is 6.54 Å². The van der Waals surface area contributed by atoms with Crippen LogP contribution in [0.5, 0.6) is 0 Å². The molecule has 1 fully saturated rings. The molecule has 1 aromatic carbocycles. The Balaban J connectivity index is 2.16. The van der Waals surface area contributed by atoms with Crippen LogP contribution in [0.3, 0.4) is 0 Å². The molecule has 0 aliphatic heterocycles. The Bertz CT molecular complexity index is 416. The van der Waals surface area contributed by atoms with Gasteiger partial charge in [0.15, 0.2) is 0 Å². The van der Waals surface area contributed by atoms with Crippen molar-refractivity contribution in [1.82, 2.24) is 5.32 Å². The number of aryl methyl sites for hydroxylation is 2. The average Bonchev–Trinajstić information content (AvgIpc) is 2.48. The molecule has 0 spiro atoms. The monoisotopic (exact) mass is 273 g/mol. The van der Waals surface area contributed by atoms with Gasteiger partial charge in [0.25, 0.3) is 0 Å². The standard InChI is InChI=1S/C19H31N/c1-5-16-9-11-17(12-10-16)19(20-6-2)18-13-14(3)7-8-15(18)4/h7-8,13,16-17,19-20H,5-6,9-12H2,1-4H3. The van der Waals surface area contributed by atoms with Gasteiger partial charge in [-0.05, 0) is 56.2 Å². The maximum Gasteiger partial charge on any atom is 0.0351 e. The van der Waals surface area contributed by atoms with Crippen LogP contribution in [0.25, 0.3) is 0 Å². The predicted molar refractivity (Wildman–Crippen MR) is 88.1 cm³/mol. The Morgan fingerprint density at radius 1 is 1.10 bits per heavy atom. The molecule has 1 unspecified atom stereocenters. The summed E-state index contributed by atoms with van der Waals surface area (Å²) in [5.74, 6) is 1.80. The molecule has 0 heterocycles. The van der Waals surface area contributed by atoms with Crippen molar-refractivity contribution in [2.45, 2.75) is 65.8 Å². The van der Waals surface area contributed by atoms with Gasteiger partial charge in [-0.2, -0.15) is 0 Å². The van der Waals surface area contributed by atoms with Gasteiger partial charge in [-0.25, -0.2) is 0 Å². The first-order valence-corrected chi connectivity index (χ1v) is 8.46. The van der Waals surface area contributed by atoms with Crippen molar-refractivity contribution in [2.75, 3.05) is 6.54 Å². The molecule has 0 bridgehead atoms. The molecule has 1 heteroatoms. The Kier molecular flexibility index (Phi) is 5.65. The van der Waals surface area contributed by atoms with Gasteiger partial charge in [0.2, 0.25) is 0 Å². The SMILES string of the molecule is CCNC(c1cc(C)ccc1C)C1CCC(CC)CC1. The third-order valence-electron chi connectivity index (χ3n) is 5.13. The highest BCUT2D eigenvalue weighted by Gasteiger charge is 2.28. The smallest absolute Gasteiger partial charge is 0.0351 e. The normalized spacial score (nSPS) is 24.6. The summed E-state index contributed by atoms with van der Waals surface area (Å²) in [6, 6.07) is 7.47. The third kappa shape index (κ3) is 3.63. The summed E-state index contributed by atoms with van der Waals surface area (Å²) >= 11 is 0. The van der Waals surface area contributed by atoms with E-state index in [0.29, 0.717) is 6.04 Å². The summed E-state index contributed by atoms with van der Waals surface area (Å²) < 4.78 is 0. The molecule has 1 nitrogen and oxygen atoms in total. The van der Waals surface area contributed by atoms with Crippen LogP contribution in [0, 0.1) is 25.7 Å². The fourth-order valence-corrected chi connectivity index (χ4v) is 3.78. The van der Waals surface area contributed by atoms with E-state index in [9.17, 15) is 0 Å². The highest BCUT2D eigenvalue weighted by Crippen LogP contribution is 2.38. The predicted octanol–water partition coefficient (Wildman–Crippen LogP) is 5.17. The van der Waals surface area contributed by atoms with Gasteiger partial charge in [-0.15, -0.1) is 0 Å². The average molecular weight is 273 g/mol. The molecule has 0 radical (unpaired) electrons. The number of benzene rings is 1. The summed E-state index contributed by atoms with van der Waals surface area (Å²) in [5, 5.41) is 3.77. The second-order valence-electron chi connectivity index (χ2n) is 6.58. The van der Waals surface area contributed by atoms with Gasteiger partial charge in [0, 0.05) is 6.04 Å². The molecule has 1 aromatic rings. The van der Waals surface area contributed by atoms with Gasteiger partial charge >= 0.3 is 0 Å². The van der Waals surface area contributed by atoms with E-state index in [4.69, 9.17) is 0 Å². The lowest BCUT2D eigenvalue weighted by Crippen LogP contribution is -2.31. The van der Waals surface area contributed by atoms with Crippen molar-refractivity contribution < 1.29 is 0 Å². The van der Waals surface area contributed by atoms with E-state index < -0.39 is 0 Å². The van der Waals surface area contributed by atoms with Crippen LogP contribution in [0.15, 0.2) is 18.2 Å². The molecule has 0 amide bonds. The minimum atomic E-state index is 0.553. The molecule has 1 aliphatic rings. The largest absolute Gasteiger partial charge is 0.310 e. The molecule has 2 rings (SSSR count). The second kappa shape index (κ2) is 7.26. The maximum atomic E-state index is 3.77. The van der Waals surface area contributed by atoms with E-state index in [2.05, 4.69) is 51.2 Å². The zero-order valence-electron chi connectivity index (χ0n) is 13.7. The van der Waals surface area contributed by atoms with Crippen LogP contribution < -0.4 is 5.32 Å². The topological polar surface area (TPSA) is 12.0 Å². The van der Waals surface area contributed by atoms with E-state index in [1.165, 1.54) is 48.8 Å². The number of hydrogen-bond donors (Lipinski definition) is 1. The zero-order chi connectivity index (χ0) is 14.5. The van der Waals surface area contributed by atoms with Crippen LogP contribution in [0.2, 0.25) is 0 Å². The van der Waals surface area contributed by atoms with Crippen LogP contribution >= 0.6 is 0 Å². The Morgan fingerprint density at radius 3 is 2.40 bits per heavy atom. The molecule has 1 atom stereocenters. The van der Waals surface area contributed by atoms with Crippen molar-refractivity contribution in [1.29, 1.82) is 0 Å². The van der Waals surface area contributed by atoms with Gasteiger partial charge in [0.05, 0.1) is 0 Å². The maximum absolute atomic E-state index is 3.77. The molecule has 1 N–H and O–H groups in total. The summed E-state index contributed by atoms with van der Waals surface area (Å²) in [4.78, 5) is 0. The molecule has 20 heavy (non-hydrogen) atoms. The highest BCUT2D eigenvalue weighted by atomic mass is 14.9. The third-order valence-corrected chi connectivity index (χ3v) is 5.13. The Labute approximate surface area is 125 Å². The fraction of sp³-hybridized carbons (Fsp3) is 0.684. The molecular weight excluding hydrogens is 242 g/mol. The molecule has 0 saturated heterocycles. The highest BCUT2D eigenvalue weighted by molar-refractivity contribution is 5.33. The van der Waals surface area contributed by atoms with Crippen molar-refractivity contribution >= 4 is 0 Å². The van der Waals surface area contributed by atoms with Gasteiger partial charge < -0.3 is 5.32 Å². The van der Waals surface area contributed by atoms with Crippen molar-refractivity contribution in [3.63, 3.8) is 0 Å². The lowest BCUT2D eigenvalue weighted by Gasteiger charge is -2.35. The second-order valence-corrected chi connectivity index (χ2v) is 6.58. The van der Waals surface area contributed by atoms with Gasteiger partial charge in [-0.3, -0.25) is 0 Å². The molecule has 112 valence electrons. The van der Waals surface area contributed by atoms with E-state index in [0.717, 1.165) is 18.4 Å². The van der Waals surface area contributed by atoms with Crippen LogP contribution in [0.1, 0.15) is 68.7 Å². The molecule has 1 aliphatic carbocycles. The van der Waals surface area contributed by atoms with Crippen molar-refractivity contribution in [3.05, 3.63) is 34.9 Å². The minimum absolute atomic E-state index is 0.553. The van der Waals surface area contributed by atoms with E-state index in [1.807, 2.05) is 0 Å². The van der Waals surface area contributed by atoms with Crippen LogP contribution in [-0.2, 0) is 0 Å². The zero-order valence-corrected chi connectivity index (χ0v) is 13.7.